The first-order valence-corrected chi connectivity index (χ1v) is 5.07. The SMILES string of the molecule is CCOC(=O)CC=C(OC)C(C)Br. The van der Waals surface area contributed by atoms with E-state index in [0.717, 1.165) is 5.76 Å². The van der Waals surface area contributed by atoms with Crippen molar-refractivity contribution < 1.29 is 14.3 Å². The summed E-state index contributed by atoms with van der Waals surface area (Å²) < 4.78 is 9.81. The summed E-state index contributed by atoms with van der Waals surface area (Å²) in [5.41, 5.74) is 0. The number of alkyl halides is 1. The summed E-state index contributed by atoms with van der Waals surface area (Å²) in [5.74, 6) is 0.512. The predicted molar refractivity (Wildman–Crippen MR) is 54.7 cm³/mol. The van der Waals surface area contributed by atoms with Crippen LogP contribution in [0.4, 0.5) is 0 Å². The molecule has 0 fully saturated rings. The number of rotatable bonds is 5. The monoisotopic (exact) mass is 250 g/mol. The van der Waals surface area contributed by atoms with Gasteiger partial charge in [0.05, 0.1) is 25.0 Å². The highest BCUT2D eigenvalue weighted by atomic mass is 79.9. The van der Waals surface area contributed by atoms with Crippen molar-refractivity contribution in [3.63, 3.8) is 0 Å². The fourth-order valence-electron chi connectivity index (χ4n) is 0.812. The van der Waals surface area contributed by atoms with Gasteiger partial charge in [-0.25, -0.2) is 0 Å². The molecule has 0 aromatic rings. The van der Waals surface area contributed by atoms with Gasteiger partial charge in [0.25, 0.3) is 0 Å². The standard InChI is InChI=1S/C9H15BrO3/c1-4-13-9(11)6-5-8(12-3)7(2)10/h5,7H,4,6H2,1-3H3. The molecule has 13 heavy (non-hydrogen) atoms. The predicted octanol–water partition coefficient (Wildman–Crippen LogP) is 2.25. The molecular weight excluding hydrogens is 236 g/mol. The number of allylic oxidation sites excluding steroid dienone is 1. The molecule has 0 aliphatic rings. The second kappa shape index (κ2) is 6.95. The normalized spacial score (nSPS) is 13.7. The lowest BCUT2D eigenvalue weighted by molar-refractivity contribution is -0.142. The lowest BCUT2D eigenvalue weighted by atomic mass is 10.3. The Labute approximate surface area is 87.2 Å². The maximum atomic E-state index is 10.9. The van der Waals surface area contributed by atoms with E-state index in [-0.39, 0.29) is 17.2 Å². The molecule has 0 bridgehead atoms. The van der Waals surface area contributed by atoms with Crippen LogP contribution in [0, 0.1) is 0 Å². The molecule has 0 amide bonds. The largest absolute Gasteiger partial charge is 0.500 e. The summed E-state index contributed by atoms with van der Waals surface area (Å²) in [6.45, 7) is 4.13. The van der Waals surface area contributed by atoms with Crippen LogP contribution >= 0.6 is 15.9 Å². The average molecular weight is 251 g/mol. The van der Waals surface area contributed by atoms with Crippen LogP contribution in [0.1, 0.15) is 20.3 Å². The fraction of sp³-hybridized carbons (Fsp3) is 0.667. The highest BCUT2D eigenvalue weighted by Gasteiger charge is 2.05. The maximum absolute atomic E-state index is 10.9. The Morgan fingerprint density at radius 2 is 2.23 bits per heavy atom. The summed E-state index contributed by atoms with van der Waals surface area (Å²) >= 11 is 3.34. The molecule has 0 rings (SSSR count). The van der Waals surface area contributed by atoms with Gasteiger partial charge in [0.2, 0.25) is 0 Å². The molecule has 76 valence electrons. The van der Waals surface area contributed by atoms with E-state index in [1.807, 2.05) is 6.92 Å². The smallest absolute Gasteiger partial charge is 0.309 e. The van der Waals surface area contributed by atoms with Gasteiger partial charge in [-0.05, 0) is 19.9 Å². The van der Waals surface area contributed by atoms with E-state index in [0.29, 0.717) is 6.61 Å². The van der Waals surface area contributed by atoms with Crippen LogP contribution in [-0.4, -0.2) is 24.5 Å². The van der Waals surface area contributed by atoms with E-state index < -0.39 is 0 Å². The second-order valence-electron chi connectivity index (χ2n) is 2.44. The summed E-state index contributed by atoms with van der Waals surface area (Å²) in [5, 5.41) is 0. The van der Waals surface area contributed by atoms with E-state index in [1.54, 1.807) is 20.1 Å². The Balaban J connectivity index is 3.99. The van der Waals surface area contributed by atoms with Crippen molar-refractivity contribution in [2.75, 3.05) is 13.7 Å². The fourth-order valence-corrected chi connectivity index (χ4v) is 1.19. The molecule has 0 N–H and O–H groups in total. The molecule has 3 nitrogen and oxygen atoms in total. The molecule has 0 heterocycles. The Bertz CT molecular complexity index is 187. The van der Waals surface area contributed by atoms with Crippen molar-refractivity contribution in [3.05, 3.63) is 11.8 Å². The molecule has 0 aliphatic carbocycles. The lowest BCUT2D eigenvalue weighted by Crippen LogP contribution is -2.05. The summed E-state index contributed by atoms with van der Waals surface area (Å²) in [7, 11) is 1.58. The van der Waals surface area contributed by atoms with Gasteiger partial charge in [0, 0.05) is 0 Å². The molecule has 0 aliphatic heterocycles. The Kier molecular flexibility index (Phi) is 6.68. The van der Waals surface area contributed by atoms with Gasteiger partial charge >= 0.3 is 5.97 Å². The molecule has 1 atom stereocenters. The van der Waals surface area contributed by atoms with Crippen LogP contribution in [0.5, 0.6) is 0 Å². The first-order chi connectivity index (χ1) is 6.11. The Hall–Kier alpha value is -0.510. The summed E-state index contributed by atoms with van der Waals surface area (Å²) in [4.78, 5) is 11.1. The number of ether oxygens (including phenoxy) is 2. The van der Waals surface area contributed by atoms with Gasteiger partial charge in [-0.3, -0.25) is 4.79 Å². The molecule has 0 spiro atoms. The van der Waals surface area contributed by atoms with E-state index in [1.165, 1.54) is 0 Å². The maximum Gasteiger partial charge on any atom is 0.309 e. The third-order valence-electron chi connectivity index (χ3n) is 1.40. The third kappa shape index (κ3) is 5.69. The molecule has 4 heteroatoms. The molecule has 0 saturated heterocycles. The number of hydrogen-bond acceptors (Lipinski definition) is 3. The molecule has 0 radical (unpaired) electrons. The molecular formula is C9H15BrO3. The van der Waals surface area contributed by atoms with E-state index in [2.05, 4.69) is 15.9 Å². The second-order valence-corrected chi connectivity index (χ2v) is 3.81. The minimum Gasteiger partial charge on any atom is -0.500 e. The highest BCUT2D eigenvalue weighted by Crippen LogP contribution is 2.12. The molecule has 0 aromatic heterocycles. The minimum atomic E-state index is -0.231. The molecule has 0 aromatic carbocycles. The van der Waals surface area contributed by atoms with Crippen molar-refractivity contribution in [3.8, 4) is 0 Å². The zero-order valence-electron chi connectivity index (χ0n) is 8.17. The van der Waals surface area contributed by atoms with Crippen molar-refractivity contribution in [1.29, 1.82) is 0 Å². The zero-order chi connectivity index (χ0) is 10.3. The van der Waals surface area contributed by atoms with Crippen LogP contribution in [0.15, 0.2) is 11.8 Å². The van der Waals surface area contributed by atoms with Gasteiger partial charge in [-0.2, -0.15) is 0 Å². The Morgan fingerprint density at radius 3 is 2.62 bits per heavy atom. The average Bonchev–Trinajstić information content (AvgIpc) is 2.05. The van der Waals surface area contributed by atoms with Gasteiger partial charge in [-0.1, -0.05) is 15.9 Å². The van der Waals surface area contributed by atoms with Gasteiger partial charge in [0.1, 0.15) is 5.76 Å². The molecule has 1 unspecified atom stereocenters. The van der Waals surface area contributed by atoms with E-state index in [9.17, 15) is 4.79 Å². The van der Waals surface area contributed by atoms with E-state index >= 15 is 0 Å². The van der Waals surface area contributed by atoms with Crippen molar-refractivity contribution in [2.24, 2.45) is 0 Å². The Morgan fingerprint density at radius 1 is 1.62 bits per heavy atom. The summed E-state index contributed by atoms with van der Waals surface area (Å²) in [6.07, 6.45) is 1.98. The van der Waals surface area contributed by atoms with Crippen LogP contribution in [0.2, 0.25) is 0 Å². The molecule has 0 saturated carbocycles. The van der Waals surface area contributed by atoms with Crippen LogP contribution < -0.4 is 0 Å². The number of methoxy groups -OCH3 is 1. The first kappa shape index (κ1) is 12.5. The van der Waals surface area contributed by atoms with Gasteiger partial charge in [0.15, 0.2) is 0 Å². The first-order valence-electron chi connectivity index (χ1n) is 4.15. The van der Waals surface area contributed by atoms with Gasteiger partial charge < -0.3 is 9.47 Å². The highest BCUT2D eigenvalue weighted by molar-refractivity contribution is 9.09. The van der Waals surface area contributed by atoms with Gasteiger partial charge in [-0.15, -0.1) is 0 Å². The number of halogens is 1. The quantitative estimate of drug-likeness (QED) is 0.427. The van der Waals surface area contributed by atoms with Crippen molar-refractivity contribution in [1.82, 2.24) is 0 Å². The number of carbonyl (C=O) groups excluding carboxylic acids is 1. The van der Waals surface area contributed by atoms with E-state index in [4.69, 9.17) is 9.47 Å². The number of carbonyl (C=O) groups is 1. The minimum absolute atomic E-state index is 0.118. The zero-order valence-corrected chi connectivity index (χ0v) is 9.76. The lowest BCUT2D eigenvalue weighted by Gasteiger charge is -2.07. The van der Waals surface area contributed by atoms with Crippen LogP contribution in [-0.2, 0) is 14.3 Å². The topological polar surface area (TPSA) is 35.5 Å². The number of esters is 1. The third-order valence-corrected chi connectivity index (χ3v) is 1.85. The van der Waals surface area contributed by atoms with Crippen molar-refractivity contribution >= 4 is 21.9 Å². The van der Waals surface area contributed by atoms with Crippen LogP contribution in [0.3, 0.4) is 0 Å². The van der Waals surface area contributed by atoms with Crippen LogP contribution in [0.25, 0.3) is 0 Å². The number of hydrogen-bond donors (Lipinski definition) is 0. The summed E-state index contributed by atoms with van der Waals surface area (Å²) in [6, 6.07) is 0. The van der Waals surface area contributed by atoms with Crippen molar-refractivity contribution in [2.45, 2.75) is 25.1 Å².